The minimum absolute atomic E-state index is 0.0587. The van der Waals surface area contributed by atoms with E-state index in [0.29, 0.717) is 18.3 Å². The lowest BCUT2D eigenvalue weighted by molar-refractivity contribution is 0.144. The van der Waals surface area contributed by atoms with E-state index in [1.807, 2.05) is 60.7 Å². The summed E-state index contributed by atoms with van der Waals surface area (Å²) in [6, 6.07) is 26.2. The first-order valence-corrected chi connectivity index (χ1v) is 10.9. The minimum atomic E-state index is -0.422. The summed E-state index contributed by atoms with van der Waals surface area (Å²) in [5, 5.41) is 4.29. The highest BCUT2D eigenvalue weighted by atomic mass is 35.5. The van der Waals surface area contributed by atoms with Gasteiger partial charge in [0.1, 0.15) is 11.8 Å². The van der Waals surface area contributed by atoms with Gasteiger partial charge in [0.2, 0.25) is 0 Å². The van der Waals surface area contributed by atoms with Gasteiger partial charge in [0.15, 0.2) is 0 Å². The Bertz CT molecular complexity index is 1290. The van der Waals surface area contributed by atoms with Crippen LogP contribution in [0.25, 0.3) is 28.1 Å². The molecule has 1 heterocycles. The van der Waals surface area contributed by atoms with E-state index >= 15 is 0 Å². The van der Waals surface area contributed by atoms with Gasteiger partial charge in [-0.1, -0.05) is 78.4 Å². The summed E-state index contributed by atoms with van der Waals surface area (Å²) in [5.74, 6) is 0.0587. The maximum atomic E-state index is 12.3. The second kappa shape index (κ2) is 8.85. The average molecular weight is 441 g/mol. The van der Waals surface area contributed by atoms with E-state index in [4.69, 9.17) is 16.3 Å². The first kappa shape index (κ1) is 20.3. The Labute approximate surface area is 191 Å². The highest BCUT2D eigenvalue weighted by molar-refractivity contribution is 6.29. The number of benzene rings is 3. The first-order chi connectivity index (χ1) is 15.7. The Kier molecular flexibility index (Phi) is 5.61. The summed E-state index contributed by atoms with van der Waals surface area (Å²) in [4.78, 5) is 16.5. The quantitative estimate of drug-likeness (QED) is 0.363. The van der Waals surface area contributed by atoms with Gasteiger partial charge >= 0.3 is 6.09 Å². The van der Waals surface area contributed by atoms with Crippen molar-refractivity contribution in [2.24, 2.45) is 0 Å². The third kappa shape index (κ3) is 4.10. The molecule has 0 bridgehead atoms. The predicted molar refractivity (Wildman–Crippen MR) is 129 cm³/mol. The topological polar surface area (TPSA) is 51.2 Å². The number of amides is 1. The summed E-state index contributed by atoms with van der Waals surface area (Å²) in [6.45, 7) is 0.692. The van der Waals surface area contributed by atoms with E-state index < -0.39 is 6.09 Å². The molecule has 1 aliphatic rings. The highest BCUT2D eigenvalue weighted by Gasteiger charge is 2.28. The summed E-state index contributed by atoms with van der Waals surface area (Å²) in [5.41, 5.74) is 6.71. The standard InChI is InChI=1S/C27H21ClN2O2/c28-26-14-12-19-16-18(11-13-25(19)30-26)6-5-15-29-27(31)32-17-24-22-9-3-1-7-20(22)21-8-2-4-10-23(21)24/h1-14,16,24H,15,17H2,(H,29,31). The van der Waals surface area contributed by atoms with E-state index in [9.17, 15) is 4.79 Å². The molecular formula is C27H21ClN2O2. The molecule has 0 unspecified atom stereocenters. The number of hydrogen-bond donors (Lipinski definition) is 1. The monoisotopic (exact) mass is 440 g/mol. The molecule has 1 aromatic heterocycles. The second-order valence-corrected chi connectivity index (χ2v) is 8.08. The Hall–Kier alpha value is -3.63. The smallest absolute Gasteiger partial charge is 0.407 e. The average Bonchev–Trinajstić information content (AvgIpc) is 3.14. The van der Waals surface area contributed by atoms with Crippen molar-refractivity contribution < 1.29 is 9.53 Å². The zero-order valence-electron chi connectivity index (χ0n) is 17.3. The lowest BCUT2D eigenvalue weighted by Crippen LogP contribution is -2.26. The molecule has 3 aromatic carbocycles. The van der Waals surface area contributed by atoms with E-state index in [-0.39, 0.29) is 5.92 Å². The Morgan fingerprint density at radius 3 is 2.44 bits per heavy atom. The molecule has 4 nitrogen and oxygen atoms in total. The fourth-order valence-corrected chi connectivity index (χ4v) is 4.36. The van der Waals surface area contributed by atoms with Crippen molar-refractivity contribution in [2.75, 3.05) is 13.2 Å². The van der Waals surface area contributed by atoms with Crippen molar-refractivity contribution in [3.8, 4) is 11.1 Å². The van der Waals surface area contributed by atoms with Crippen LogP contribution in [0.3, 0.4) is 0 Å². The normalized spacial score (nSPS) is 12.7. The Morgan fingerprint density at radius 1 is 0.969 bits per heavy atom. The summed E-state index contributed by atoms with van der Waals surface area (Å²) < 4.78 is 5.56. The van der Waals surface area contributed by atoms with E-state index in [1.54, 1.807) is 6.07 Å². The fourth-order valence-electron chi connectivity index (χ4n) is 4.21. The van der Waals surface area contributed by atoms with Crippen LogP contribution >= 0.6 is 11.6 Å². The number of carbonyl (C=O) groups is 1. The van der Waals surface area contributed by atoms with Gasteiger partial charge in [0.05, 0.1) is 5.52 Å². The molecule has 5 heteroatoms. The van der Waals surface area contributed by atoms with Gasteiger partial charge < -0.3 is 10.1 Å². The lowest BCUT2D eigenvalue weighted by Gasteiger charge is -2.14. The molecule has 0 fully saturated rings. The maximum absolute atomic E-state index is 12.3. The number of carbonyl (C=O) groups excluding carboxylic acids is 1. The number of alkyl carbamates (subject to hydrolysis) is 1. The summed E-state index contributed by atoms with van der Waals surface area (Å²) >= 11 is 5.93. The fraction of sp³-hybridized carbons (Fsp3) is 0.111. The summed E-state index contributed by atoms with van der Waals surface area (Å²) in [6.07, 6.45) is 3.43. The van der Waals surface area contributed by atoms with Gasteiger partial charge in [-0.2, -0.15) is 0 Å². The molecule has 1 N–H and O–H groups in total. The van der Waals surface area contributed by atoms with Crippen molar-refractivity contribution >= 4 is 34.7 Å². The second-order valence-electron chi connectivity index (χ2n) is 7.69. The van der Waals surface area contributed by atoms with Crippen molar-refractivity contribution in [1.82, 2.24) is 10.3 Å². The van der Waals surface area contributed by atoms with Crippen LogP contribution in [0, 0.1) is 0 Å². The molecule has 1 aliphatic carbocycles. The van der Waals surface area contributed by atoms with Gasteiger partial charge in [0.25, 0.3) is 0 Å². The van der Waals surface area contributed by atoms with Crippen LogP contribution < -0.4 is 5.32 Å². The largest absolute Gasteiger partial charge is 0.449 e. The molecule has 5 rings (SSSR count). The molecule has 158 valence electrons. The molecule has 0 aliphatic heterocycles. The molecule has 0 radical (unpaired) electrons. The van der Waals surface area contributed by atoms with Crippen LogP contribution in [0.1, 0.15) is 22.6 Å². The van der Waals surface area contributed by atoms with Crippen LogP contribution in [0.4, 0.5) is 4.79 Å². The van der Waals surface area contributed by atoms with Crippen LogP contribution in [0.5, 0.6) is 0 Å². The minimum Gasteiger partial charge on any atom is -0.449 e. The number of pyridine rings is 1. The van der Waals surface area contributed by atoms with Gasteiger partial charge in [0, 0.05) is 17.8 Å². The molecule has 0 atom stereocenters. The number of hydrogen-bond acceptors (Lipinski definition) is 3. The third-order valence-corrected chi connectivity index (χ3v) is 5.91. The van der Waals surface area contributed by atoms with E-state index in [2.05, 4.69) is 34.6 Å². The number of ether oxygens (including phenoxy) is 1. The Balaban J connectivity index is 1.17. The number of halogens is 1. The van der Waals surface area contributed by atoms with Crippen molar-refractivity contribution in [3.05, 3.63) is 107 Å². The van der Waals surface area contributed by atoms with Crippen LogP contribution in [0.2, 0.25) is 5.15 Å². The SMILES string of the molecule is O=C(NCC=Cc1ccc2nc(Cl)ccc2c1)OCC1c2ccccc2-c2ccccc21. The predicted octanol–water partition coefficient (Wildman–Crippen LogP) is 6.44. The maximum Gasteiger partial charge on any atom is 0.407 e. The number of aromatic nitrogens is 1. The molecule has 0 saturated carbocycles. The molecule has 0 spiro atoms. The lowest BCUT2D eigenvalue weighted by atomic mass is 9.98. The van der Waals surface area contributed by atoms with Crippen molar-refractivity contribution in [3.63, 3.8) is 0 Å². The first-order valence-electron chi connectivity index (χ1n) is 10.5. The molecule has 1 amide bonds. The number of fused-ring (bicyclic) bond motifs is 4. The van der Waals surface area contributed by atoms with Crippen LogP contribution in [-0.4, -0.2) is 24.2 Å². The number of nitrogens with one attached hydrogen (secondary N) is 1. The highest BCUT2D eigenvalue weighted by Crippen LogP contribution is 2.44. The van der Waals surface area contributed by atoms with E-state index in [1.165, 1.54) is 22.3 Å². The molecule has 4 aromatic rings. The van der Waals surface area contributed by atoms with Gasteiger partial charge in [-0.05, 0) is 52.1 Å². The third-order valence-electron chi connectivity index (χ3n) is 5.70. The summed E-state index contributed by atoms with van der Waals surface area (Å²) in [7, 11) is 0. The van der Waals surface area contributed by atoms with Gasteiger partial charge in [-0.3, -0.25) is 0 Å². The van der Waals surface area contributed by atoms with Gasteiger partial charge in [-0.25, -0.2) is 9.78 Å². The molecule has 0 saturated heterocycles. The number of rotatable bonds is 5. The van der Waals surface area contributed by atoms with Crippen molar-refractivity contribution in [1.29, 1.82) is 0 Å². The zero-order chi connectivity index (χ0) is 21.9. The zero-order valence-corrected chi connectivity index (χ0v) is 18.0. The Morgan fingerprint density at radius 2 is 1.69 bits per heavy atom. The van der Waals surface area contributed by atoms with Crippen LogP contribution in [0.15, 0.2) is 84.9 Å². The molecule has 32 heavy (non-hydrogen) atoms. The molecular weight excluding hydrogens is 420 g/mol. The van der Waals surface area contributed by atoms with Crippen LogP contribution in [-0.2, 0) is 4.74 Å². The van der Waals surface area contributed by atoms with Gasteiger partial charge in [-0.15, -0.1) is 0 Å². The van der Waals surface area contributed by atoms with E-state index in [0.717, 1.165) is 16.5 Å². The number of nitrogens with zero attached hydrogens (tertiary/aromatic N) is 1. The van der Waals surface area contributed by atoms with Crippen molar-refractivity contribution in [2.45, 2.75) is 5.92 Å².